The molecule has 0 bridgehead atoms. The first-order chi connectivity index (χ1) is 9.15. The van der Waals surface area contributed by atoms with Crippen LogP contribution in [0.3, 0.4) is 0 Å². The Bertz CT molecular complexity index is 399. The molecule has 1 aromatic carbocycles. The smallest absolute Gasteiger partial charge is 0.165 e. The molecule has 0 aromatic heterocycles. The van der Waals surface area contributed by atoms with Gasteiger partial charge < -0.3 is 14.7 Å². The van der Waals surface area contributed by atoms with Crippen molar-refractivity contribution in [3.05, 3.63) is 30.1 Å². The Morgan fingerprint density at radius 3 is 3.00 bits per heavy atom. The SMILES string of the molecule is C[C@@H]1CCCN(C[C@H](O)COc2ccccc2F)C1. The number of likely N-dealkylation sites (tertiary alicyclic amines) is 1. The van der Waals surface area contributed by atoms with Gasteiger partial charge in [0, 0.05) is 13.1 Å². The van der Waals surface area contributed by atoms with E-state index in [1.807, 2.05) is 0 Å². The lowest BCUT2D eigenvalue weighted by atomic mass is 10.0. The summed E-state index contributed by atoms with van der Waals surface area (Å²) >= 11 is 0. The summed E-state index contributed by atoms with van der Waals surface area (Å²) in [6, 6.07) is 6.27. The molecule has 1 aliphatic heterocycles. The number of para-hydroxylation sites is 1. The zero-order chi connectivity index (χ0) is 13.7. The zero-order valence-electron chi connectivity index (χ0n) is 11.4. The Hall–Kier alpha value is -1.13. The molecule has 1 aromatic rings. The Balaban J connectivity index is 1.75. The van der Waals surface area contributed by atoms with Crippen LogP contribution in [0.2, 0.25) is 0 Å². The summed E-state index contributed by atoms with van der Waals surface area (Å²) < 4.78 is 18.6. The van der Waals surface area contributed by atoms with Crippen LogP contribution in [-0.4, -0.2) is 42.4 Å². The molecule has 2 rings (SSSR count). The largest absolute Gasteiger partial charge is 0.488 e. The topological polar surface area (TPSA) is 32.7 Å². The number of aliphatic hydroxyl groups is 1. The number of hydrogen-bond acceptors (Lipinski definition) is 3. The molecule has 2 atom stereocenters. The van der Waals surface area contributed by atoms with Crippen LogP contribution >= 0.6 is 0 Å². The fourth-order valence-electron chi connectivity index (χ4n) is 2.55. The van der Waals surface area contributed by atoms with Crippen LogP contribution < -0.4 is 4.74 Å². The summed E-state index contributed by atoms with van der Waals surface area (Å²) in [5.41, 5.74) is 0. The summed E-state index contributed by atoms with van der Waals surface area (Å²) in [5.74, 6) is 0.503. The van der Waals surface area contributed by atoms with Gasteiger partial charge in [-0.2, -0.15) is 0 Å². The van der Waals surface area contributed by atoms with Gasteiger partial charge in [-0.25, -0.2) is 4.39 Å². The highest BCUT2D eigenvalue weighted by atomic mass is 19.1. The van der Waals surface area contributed by atoms with Gasteiger partial charge in [0.2, 0.25) is 0 Å². The highest BCUT2D eigenvalue weighted by Gasteiger charge is 2.19. The first-order valence-corrected chi connectivity index (χ1v) is 6.93. The maximum Gasteiger partial charge on any atom is 0.165 e. The lowest BCUT2D eigenvalue weighted by Crippen LogP contribution is -2.41. The van der Waals surface area contributed by atoms with Gasteiger partial charge >= 0.3 is 0 Å². The summed E-state index contributed by atoms with van der Waals surface area (Å²) in [4.78, 5) is 2.25. The molecule has 0 aliphatic carbocycles. The van der Waals surface area contributed by atoms with Crippen LogP contribution in [0.5, 0.6) is 5.75 Å². The summed E-state index contributed by atoms with van der Waals surface area (Å²) in [7, 11) is 0. The van der Waals surface area contributed by atoms with E-state index in [0.29, 0.717) is 12.5 Å². The van der Waals surface area contributed by atoms with Crippen LogP contribution in [-0.2, 0) is 0 Å². The molecule has 1 saturated heterocycles. The molecule has 0 saturated carbocycles. The summed E-state index contributed by atoms with van der Waals surface area (Å²) in [6.07, 6.45) is 1.87. The Morgan fingerprint density at radius 1 is 1.47 bits per heavy atom. The van der Waals surface area contributed by atoms with E-state index < -0.39 is 6.10 Å². The highest BCUT2D eigenvalue weighted by molar-refractivity contribution is 5.23. The molecule has 0 spiro atoms. The molecule has 0 radical (unpaired) electrons. The molecule has 1 fully saturated rings. The predicted octanol–water partition coefficient (Wildman–Crippen LogP) is 2.30. The van der Waals surface area contributed by atoms with Gasteiger partial charge in [-0.15, -0.1) is 0 Å². The number of ether oxygens (including phenoxy) is 1. The van der Waals surface area contributed by atoms with E-state index in [2.05, 4.69) is 11.8 Å². The molecule has 106 valence electrons. The third-order valence-corrected chi connectivity index (χ3v) is 3.48. The van der Waals surface area contributed by atoms with Crippen molar-refractivity contribution in [2.75, 3.05) is 26.2 Å². The molecular formula is C15H22FNO2. The Kier molecular flexibility index (Phi) is 5.16. The van der Waals surface area contributed by atoms with E-state index in [1.54, 1.807) is 18.2 Å². The van der Waals surface area contributed by atoms with Crippen molar-refractivity contribution in [1.29, 1.82) is 0 Å². The minimum atomic E-state index is -0.579. The fraction of sp³-hybridized carbons (Fsp3) is 0.600. The predicted molar refractivity (Wildman–Crippen MR) is 72.7 cm³/mol. The van der Waals surface area contributed by atoms with Crippen molar-refractivity contribution >= 4 is 0 Å². The third kappa shape index (κ3) is 4.48. The molecule has 3 nitrogen and oxygen atoms in total. The maximum absolute atomic E-state index is 13.3. The number of rotatable bonds is 5. The van der Waals surface area contributed by atoms with E-state index >= 15 is 0 Å². The van der Waals surface area contributed by atoms with Gasteiger partial charge in [-0.05, 0) is 37.4 Å². The number of hydrogen-bond donors (Lipinski definition) is 1. The number of piperidine rings is 1. The summed E-state index contributed by atoms with van der Waals surface area (Å²) in [5, 5.41) is 9.95. The number of nitrogens with zero attached hydrogens (tertiary/aromatic N) is 1. The maximum atomic E-state index is 13.3. The molecule has 1 N–H and O–H groups in total. The highest BCUT2D eigenvalue weighted by Crippen LogP contribution is 2.17. The minimum absolute atomic E-state index is 0.131. The van der Waals surface area contributed by atoms with Crippen molar-refractivity contribution in [3.63, 3.8) is 0 Å². The minimum Gasteiger partial charge on any atom is -0.488 e. The van der Waals surface area contributed by atoms with E-state index in [9.17, 15) is 9.50 Å². The number of β-amino-alcohol motifs (C(OH)–C–C–N with tert-alkyl or cyclic N) is 1. The van der Waals surface area contributed by atoms with Gasteiger partial charge in [-0.1, -0.05) is 19.1 Å². The standard InChI is InChI=1S/C15H22FNO2/c1-12-5-4-8-17(9-12)10-13(18)11-19-15-7-3-2-6-14(15)16/h2-3,6-7,12-13,18H,4-5,8-11H2,1H3/t12-,13+/m1/s1. The Morgan fingerprint density at radius 2 is 2.26 bits per heavy atom. The van der Waals surface area contributed by atoms with Crippen LogP contribution in [0.15, 0.2) is 24.3 Å². The number of halogens is 1. The molecule has 0 unspecified atom stereocenters. The lowest BCUT2D eigenvalue weighted by Gasteiger charge is -2.32. The summed E-state index contributed by atoms with van der Waals surface area (Å²) in [6.45, 7) is 5.01. The number of aliphatic hydroxyl groups excluding tert-OH is 1. The normalized spacial score (nSPS) is 22.2. The van der Waals surface area contributed by atoms with Crippen molar-refractivity contribution in [1.82, 2.24) is 4.90 Å². The Labute approximate surface area is 114 Å². The second-order valence-electron chi connectivity index (χ2n) is 5.40. The van der Waals surface area contributed by atoms with E-state index in [-0.39, 0.29) is 18.2 Å². The first-order valence-electron chi connectivity index (χ1n) is 6.93. The average molecular weight is 267 g/mol. The van der Waals surface area contributed by atoms with Gasteiger partial charge in [0.15, 0.2) is 11.6 Å². The molecule has 1 heterocycles. The average Bonchev–Trinajstić information content (AvgIpc) is 2.38. The second-order valence-corrected chi connectivity index (χ2v) is 5.40. The zero-order valence-corrected chi connectivity index (χ0v) is 11.4. The van der Waals surface area contributed by atoms with Crippen molar-refractivity contribution in [2.24, 2.45) is 5.92 Å². The van der Waals surface area contributed by atoms with E-state index in [1.165, 1.54) is 18.9 Å². The molecular weight excluding hydrogens is 245 g/mol. The van der Waals surface area contributed by atoms with Gasteiger partial charge in [0.1, 0.15) is 12.7 Å². The van der Waals surface area contributed by atoms with Gasteiger partial charge in [0.25, 0.3) is 0 Å². The van der Waals surface area contributed by atoms with Crippen LogP contribution in [0, 0.1) is 11.7 Å². The lowest BCUT2D eigenvalue weighted by molar-refractivity contribution is 0.0526. The fourth-order valence-corrected chi connectivity index (χ4v) is 2.55. The van der Waals surface area contributed by atoms with E-state index in [4.69, 9.17) is 4.74 Å². The third-order valence-electron chi connectivity index (χ3n) is 3.48. The van der Waals surface area contributed by atoms with Gasteiger partial charge in [0.05, 0.1) is 0 Å². The molecule has 0 amide bonds. The van der Waals surface area contributed by atoms with Crippen LogP contribution in [0.1, 0.15) is 19.8 Å². The molecule has 19 heavy (non-hydrogen) atoms. The first kappa shape index (κ1) is 14.3. The van der Waals surface area contributed by atoms with Crippen LogP contribution in [0.4, 0.5) is 4.39 Å². The van der Waals surface area contributed by atoms with E-state index in [0.717, 1.165) is 13.1 Å². The number of benzene rings is 1. The van der Waals surface area contributed by atoms with Crippen molar-refractivity contribution < 1.29 is 14.2 Å². The van der Waals surface area contributed by atoms with Crippen LogP contribution in [0.25, 0.3) is 0 Å². The van der Waals surface area contributed by atoms with Gasteiger partial charge in [-0.3, -0.25) is 0 Å². The van der Waals surface area contributed by atoms with Crippen molar-refractivity contribution in [3.8, 4) is 5.75 Å². The molecule has 4 heteroatoms. The van der Waals surface area contributed by atoms with Crippen molar-refractivity contribution in [2.45, 2.75) is 25.9 Å². The second kappa shape index (κ2) is 6.87. The molecule has 1 aliphatic rings. The monoisotopic (exact) mass is 267 g/mol. The quantitative estimate of drug-likeness (QED) is 0.888.